The number of halogens is 6. The van der Waals surface area contributed by atoms with Crippen molar-refractivity contribution in [2.24, 2.45) is 0 Å². The van der Waals surface area contributed by atoms with E-state index in [1.807, 2.05) is 36.2 Å². The molecule has 0 aromatic rings. The van der Waals surface area contributed by atoms with E-state index >= 15 is 0 Å². The van der Waals surface area contributed by atoms with Crippen molar-refractivity contribution in [3.63, 3.8) is 0 Å². The van der Waals surface area contributed by atoms with E-state index in [1.165, 1.54) is 0 Å². The quantitative estimate of drug-likeness (QED) is 0.390. The maximum absolute atomic E-state index is 12.6. The second kappa shape index (κ2) is 8.83. The summed E-state index contributed by atoms with van der Waals surface area (Å²) < 4.78 is 110. The van der Waals surface area contributed by atoms with Gasteiger partial charge in [0.25, 0.3) is 0 Å². The molecule has 2 rings (SSSR count). The van der Waals surface area contributed by atoms with Crippen LogP contribution in [0.5, 0.6) is 0 Å². The minimum absolute atomic E-state index is 0.185. The van der Waals surface area contributed by atoms with Gasteiger partial charge >= 0.3 is 16.8 Å². The predicted octanol–water partition coefficient (Wildman–Crippen LogP) is 2.91. The van der Waals surface area contributed by atoms with Gasteiger partial charge in [-0.15, -0.1) is 0 Å². The summed E-state index contributed by atoms with van der Waals surface area (Å²) in [7, 11) is -11.6. The van der Waals surface area contributed by atoms with Gasteiger partial charge in [-0.1, -0.05) is 9.97 Å². The van der Waals surface area contributed by atoms with Crippen LogP contribution in [0.3, 0.4) is 0 Å². The maximum Gasteiger partial charge on any atom is 0.480 e. The van der Waals surface area contributed by atoms with E-state index in [9.17, 15) is 53.3 Å². The van der Waals surface area contributed by atoms with Gasteiger partial charge in [0.2, 0.25) is 5.82 Å². The Morgan fingerprint density at radius 2 is 1.35 bits per heavy atom. The monoisotopic (exact) mass is 546 g/mol. The van der Waals surface area contributed by atoms with Crippen LogP contribution in [-0.4, -0.2) is 72.1 Å². The zero-order chi connectivity index (χ0) is 27.3. The summed E-state index contributed by atoms with van der Waals surface area (Å²) in [5.74, 6) is 0.829. The van der Waals surface area contributed by atoms with Gasteiger partial charge in [0.05, 0.1) is 0 Å². The molecule has 0 amide bonds. The summed E-state index contributed by atoms with van der Waals surface area (Å²) in [5, 5.41) is 13.4. The lowest BCUT2D eigenvalue weighted by Gasteiger charge is -2.25. The molecule has 2 heterocycles. The van der Waals surface area contributed by atoms with Crippen LogP contribution in [0.1, 0.15) is 34.6 Å². The molecule has 2 aliphatic heterocycles. The van der Waals surface area contributed by atoms with Crippen molar-refractivity contribution in [1.82, 2.24) is 14.9 Å². The Balaban J connectivity index is 0.000000352. The fraction of sp³-hybridized carbons (Fsp3) is 0.733. The summed E-state index contributed by atoms with van der Waals surface area (Å²) >= 11 is 0. The van der Waals surface area contributed by atoms with Crippen LogP contribution in [-0.2, 0) is 25.3 Å². The van der Waals surface area contributed by atoms with Gasteiger partial charge in [0.15, 0.2) is 31.1 Å². The van der Waals surface area contributed by atoms with Crippen molar-refractivity contribution in [3.05, 3.63) is 33.1 Å². The minimum Gasteiger partial charge on any atom is -0.421 e. The zero-order valence-electron chi connectivity index (χ0n) is 18.6. The van der Waals surface area contributed by atoms with E-state index < -0.39 is 42.1 Å². The first-order valence-corrected chi connectivity index (χ1v) is 12.0. The lowest BCUT2D eigenvalue weighted by molar-refractivity contribution is -0.570. The Kier molecular flexibility index (Phi) is 7.77. The number of rotatable bonds is 3. The van der Waals surface area contributed by atoms with Crippen LogP contribution in [0.15, 0.2) is 24.0 Å². The van der Waals surface area contributed by atoms with Crippen molar-refractivity contribution in [2.45, 2.75) is 56.7 Å². The number of nitroso groups, excluding NO2 is 1. The van der Waals surface area contributed by atoms with Gasteiger partial charge in [-0.25, -0.2) is 16.8 Å². The number of hydroxylamine groups is 2. The Bertz CT molecular complexity index is 1050. The van der Waals surface area contributed by atoms with Crippen LogP contribution in [0.25, 0.3) is 4.13 Å². The molecule has 1 fully saturated rings. The van der Waals surface area contributed by atoms with E-state index in [2.05, 4.69) is 0 Å². The highest BCUT2D eigenvalue weighted by molar-refractivity contribution is 8.13. The molecule has 34 heavy (non-hydrogen) atoms. The number of sulfonamides is 2. The summed E-state index contributed by atoms with van der Waals surface area (Å²) in [6.45, 7) is 9.91. The average molecular weight is 546 g/mol. The molecule has 0 atom stereocenters. The summed E-state index contributed by atoms with van der Waals surface area (Å²) in [4.78, 5) is 16.3. The molecule has 0 saturated carbocycles. The summed E-state index contributed by atoms with van der Waals surface area (Å²) in [5.41, 5.74) is -14.0. The molecule has 0 aromatic heterocycles. The molecular formula is C15H22F6N5O6S2. The van der Waals surface area contributed by atoms with Crippen molar-refractivity contribution in [1.29, 1.82) is 0 Å². The molecule has 0 spiro atoms. The van der Waals surface area contributed by atoms with Gasteiger partial charge < -0.3 is 13.9 Å². The van der Waals surface area contributed by atoms with Crippen LogP contribution < -0.4 is 0 Å². The Morgan fingerprint density at radius 3 is 1.65 bits per heavy atom. The topological polar surface area (TPSA) is 132 Å². The van der Waals surface area contributed by atoms with E-state index in [0.717, 1.165) is 14.0 Å². The highest BCUT2D eigenvalue weighted by atomic mass is 32.3. The number of hydrogen-bond donors (Lipinski definition) is 0. The Hall–Kier alpha value is -2.12. The van der Waals surface area contributed by atoms with E-state index in [1.54, 1.807) is 27.7 Å². The highest BCUT2D eigenvalue weighted by Crippen LogP contribution is 2.43. The van der Waals surface area contributed by atoms with Gasteiger partial charge in [-0.2, -0.15) is 26.3 Å². The largest absolute Gasteiger partial charge is 0.480 e. The Labute approximate surface area is 191 Å². The average Bonchev–Trinajstić information content (AvgIpc) is 3.04. The lowest BCUT2D eigenvalue weighted by atomic mass is 9.84. The predicted molar refractivity (Wildman–Crippen MR) is 104 cm³/mol. The molecule has 19 heteroatoms. The number of nitrogens with zero attached hydrogens (tertiary/aromatic N) is 5. The molecule has 197 valence electrons. The Morgan fingerprint density at radius 1 is 0.941 bits per heavy atom. The third kappa shape index (κ3) is 5.10. The van der Waals surface area contributed by atoms with E-state index in [4.69, 9.17) is 0 Å². The fourth-order valence-electron chi connectivity index (χ4n) is 2.57. The van der Waals surface area contributed by atoms with E-state index in [0.29, 0.717) is 12.4 Å². The molecule has 0 N–H and O–H groups in total. The molecular weight excluding hydrogens is 524 g/mol. The molecule has 11 nitrogen and oxygen atoms in total. The first kappa shape index (κ1) is 29.9. The first-order chi connectivity index (χ1) is 14.9. The van der Waals surface area contributed by atoms with Crippen LogP contribution in [0.2, 0.25) is 0 Å². The summed E-state index contributed by atoms with van der Waals surface area (Å²) in [6.07, 6.45) is 3.73. The third-order valence-electron chi connectivity index (χ3n) is 5.30. The van der Waals surface area contributed by atoms with Crippen molar-refractivity contribution >= 4 is 20.0 Å². The highest BCUT2D eigenvalue weighted by Gasteiger charge is 2.67. The molecule has 0 unspecified atom stereocenters. The van der Waals surface area contributed by atoms with Crippen LogP contribution in [0.4, 0.5) is 26.3 Å². The second-order valence-electron chi connectivity index (χ2n) is 7.97. The van der Waals surface area contributed by atoms with E-state index in [-0.39, 0.29) is 5.82 Å². The van der Waals surface area contributed by atoms with Gasteiger partial charge in [0.1, 0.15) is 0 Å². The standard InChI is InChI=1S/C13H22N4O2.C2F6NO4S2/c1-7-15-9-8-14(6)10(15)11-16(18)12(2,3)13(4,5)17(11)19;3-1(4,5)14(10,11)9-15(12,13)2(6,7)8/h8-9H,7H2,1-6H3;/q+1;-1. The normalized spacial score (nSPS) is 22.9. The second-order valence-corrected chi connectivity index (χ2v) is 11.4. The number of alkyl halides is 6. The summed E-state index contributed by atoms with van der Waals surface area (Å²) in [6, 6.07) is 0. The van der Waals surface area contributed by atoms with Crippen molar-refractivity contribution in [3.8, 4) is 0 Å². The molecule has 2 aliphatic rings. The smallest absolute Gasteiger partial charge is 0.421 e. The SMILES string of the molecule is CCN1C=CN(C)/C1=C1/N([O])C(C)(C)C(C)(C)[N+]1=O.O=S(=O)([N-]S(=O)(=O)C(F)(F)F)C(F)(F)F. The van der Waals surface area contributed by atoms with Gasteiger partial charge in [0, 0.05) is 31.2 Å². The van der Waals surface area contributed by atoms with Crippen LogP contribution in [0, 0.1) is 4.91 Å². The zero-order valence-corrected chi connectivity index (χ0v) is 20.3. The molecule has 0 bridgehead atoms. The van der Waals surface area contributed by atoms with Gasteiger partial charge in [-0.05, 0) is 39.4 Å². The first-order valence-electron chi connectivity index (χ1n) is 9.10. The van der Waals surface area contributed by atoms with Crippen molar-refractivity contribution in [2.75, 3.05) is 13.6 Å². The fourth-order valence-corrected chi connectivity index (χ4v) is 4.28. The molecule has 0 aliphatic carbocycles. The lowest BCUT2D eigenvalue weighted by Crippen LogP contribution is -2.50. The molecule has 0 aromatic carbocycles. The maximum atomic E-state index is 12.6. The van der Waals surface area contributed by atoms with Crippen molar-refractivity contribution < 1.29 is 53.1 Å². The number of hydrogen-bond acceptors (Lipinski definition) is 8. The minimum atomic E-state index is -6.72. The van der Waals surface area contributed by atoms with Crippen LogP contribution >= 0.6 is 0 Å². The molecule has 1 saturated heterocycles. The third-order valence-corrected chi connectivity index (χ3v) is 8.04. The molecule has 1 radical (unpaired) electrons. The van der Waals surface area contributed by atoms with Gasteiger partial charge in [-0.3, -0.25) is 0 Å².